The number of nitrogens with zero attached hydrogens (tertiary/aromatic N) is 2. The number of piperidine rings is 1. The number of hydrogen-bond acceptors (Lipinski definition) is 4. The van der Waals surface area contributed by atoms with Crippen molar-refractivity contribution in [2.45, 2.75) is 31.2 Å². The minimum Gasteiger partial charge on any atom is -0.495 e. The molecule has 7 heteroatoms. The van der Waals surface area contributed by atoms with Gasteiger partial charge < -0.3 is 9.64 Å². The molecule has 1 heterocycles. The molecule has 1 aliphatic heterocycles. The predicted molar refractivity (Wildman–Crippen MR) is 112 cm³/mol. The highest BCUT2D eigenvalue weighted by Crippen LogP contribution is 2.29. The number of amides is 1. The number of ether oxygens (including phenoxy) is 1. The summed E-state index contributed by atoms with van der Waals surface area (Å²) in [5.74, 6) is 0.702. The van der Waals surface area contributed by atoms with E-state index in [9.17, 15) is 13.2 Å². The maximum atomic E-state index is 13.2. The van der Waals surface area contributed by atoms with Crippen molar-refractivity contribution in [3.63, 3.8) is 0 Å². The van der Waals surface area contributed by atoms with Crippen LogP contribution in [0.25, 0.3) is 0 Å². The molecule has 6 nitrogen and oxygen atoms in total. The third kappa shape index (κ3) is 4.79. The van der Waals surface area contributed by atoms with Crippen LogP contribution in [0.15, 0.2) is 53.4 Å². The summed E-state index contributed by atoms with van der Waals surface area (Å²) in [6, 6.07) is 14.0. The van der Waals surface area contributed by atoms with E-state index in [1.807, 2.05) is 30.3 Å². The van der Waals surface area contributed by atoms with Gasteiger partial charge in [0.05, 0.1) is 7.11 Å². The third-order valence-electron chi connectivity index (χ3n) is 5.42. The van der Waals surface area contributed by atoms with Crippen molar-refractivity contribution in [3.8, 4) is 5.75 Å². The van der Waals surface area contributed by atoms with Crippen molar-refractivity contribution in [2.24, 2.45) is 5.92 Å². The molecule has 0 bridgehead atoms. The topological polar surface area (TPSA) is 66.9 Å². The van der Waals surface area contributed by atoms with Gasteiger partial charge in [-0.3, -0.25) is 4.79 Å². The van der Waals surface area contributed by atoms with Crippen molar-refractivity contribution >= 4 is 15.9 Å². The number of hydrogen-bond donors (Lipinski definition) is 0. The molecule has 0 aromatic heterocycles. The first-order valence-electron chi connectivity index (χ1n) is 9.80. The summed E-state index contributed by atoms with van der Waals surface area (Å²) in [7, 11) is -0.878. The van der Waals surface area contributed by atoms with Gasteiger partial charge in [0.25, 0.3) is 5.91 Å². The smallest absolute Gasteiger partial charge is 0.253 e. The lowest BCUT2D eigenvalue weighted by Gasteiger charge is -2.30. The quantitative estimate of drug-likeness (QED) is 0.724. The molecule has 0 saturated carbocycles. The van der Waals surface area contributed by atoms with Crippen LogP contribution in [0.1, 0.15) is 35.7 Å². The van der Waals surface area contributed by atoms with Crippen LogP contribution in [0, 0.1) is 5.92 Å². The van der Waals surface area contributed by atoms with E-state index in [-0.39, 0.29) is 23.1 Å². The molecule has 0 radical (unpaired) electrons. The van der Waals surface area contributed by atoms with Crippen molar-refractivity contribution in [1.82, 2.24) is 9.21 Å². The first kappa shape index (κ1) is 21.3. The Balaban J connectivity index is 1.88. The zero-order valence-electron chi connectivity index (χ0n) is 17.2. The number of benzene rings is 2. The highest BCUT2D eigenvalue weighted by Gasteiger charge is 2.28. The Labute approximate surface area is 173 Å². The highest BCUT2D eigenvalue weighted by atomic mass is 32.2. The fourth-order valence-corrected chi connectivity index (χ4v) is 4.84. The Kier molecular flexibility index (Phi) is 6.59. The number of carbonyl (C=O) groups excluding carboxylic acids is 1. The minimum absolute atomic E-state index is 0.00894. The number of likely N-dealkylation sites (tertiary alicyclic amines) is 1. The lowest BCUT2D eigenvalue weighted by molar-refractivity contribution is 0.0697. The fourth-order valence-electron chi connectivity index (χ4n) is 3.50. The molecule has 0 atom stereocenters. The van der Waals surface area contributed by atoms with E-state index in [4.69, 9.17) is 4.74 Å². The Morgan fingerprint density at radius 2 is 1.79 bits per heavy atom. The highest BCUT2D eigenvalue weighted by molar-refractivity contribution is 7.89. The van der Waals surface area contributed by atoms with Crippen molar-refractivity contribution in [3.05, 3.63) is 59.7 Å². The summed E-state index contributed by atoms with van der Waals surface area (Å²) < 4.78 is 33.0. The second kappa shape index (κ2) is 8.97. The van der Waals surface area contributed by atoms with E-state index in [1.54, 1.807) is 17.0 Å². The van der Waals surface area contributed by atoms with Gasteiger partial charge in [-0.05, 0) is 42.5 Å². The zero-order valence-corrected chi connectivity index (χ0v) is 18.0. The van der Waals surface area contributed by atoms with Gasteiger partial charge in [-0.2, -0.15) is 4.31 Å². The molecule has 0 spiro atoms. The average Bonchev–Trinajstić information content (AvgIpc) is 2.74. The Bertz CT molecular complexity index is 952. The Hall–Kier alpha value is -2.38. The van der Waals surface area contributed by atoms with E-state index in [0.29, 0.717) is 24.6 Å². The lowest BCUT2D eigenvalue weighted by atomic mass is 9.98. The minimum atomic E-state index is -3.84. The number of carbonyl (C=O) groups is 1. The van der Waals surface area contributed by atoms with Crippen LogP contribution in [-0.2, 0) is 16.6 Å². The second-order valence-corrected chi connectivity index (χ2v) is 9.60. The van der Waals surface area contributed by atoms with Gasteiger partial charge in [-0.1, -0.05) is 37.3 Å². The molecule has 1 fully saturated rings. The Morgan fingerprint density at radius 3 is 2.41 bits per heavy atom. The first-order valence-corrected chi connectivity index (χ1v) is 11.2. The van der Waals surface area contributed by atoms with Gasteiger partial charge in [-0.15, -0.1) is 0 Å². The van der Waals surface area contributed by atoms with E-state index in [1.165, 1.54) is 24.5 Å². The molecule has 1 amide bonds. The molecule has 3 rings (SSSR count). The van der Waals surface area contributed by atoms with Crippen LogP contribution in [-0.4, -0.2) is 50.8 Å². The molecule has 0 N–H and O–H groups in total. The SMILES string of the molecule is COc1ccc(C(=O)N2CCC(C)CC2)cc1S(=O)(=O)N(C)Cc1ccccc1. The average molecular weight is 417 g/mol. The molecule has 0 aliphatic carbocycles. The molecule has 156 valence electrons. The first-order chi connectivity index (χ1) is 13.8. The summed E-state index contributed by atoms with van der Waals surface area (Å²) in [6.45, 7) is 3.81. The molecule has 29 heavy (non-hydrogen) atoms. The third-order valence-corrected chi connectivity index (χ3v) is 7.24. The van der Waals surface area contributed by atoms with Crippen LogP contribution in [0.2, 0.25) is 0 Å². The van der Waals surface area contributed by atoms with Crippen molar-refractivity contribution in [2.75, 3.05) is 27.2 Å². The molecule has 0 unspecified atom stereocenters. The second-order valence-electron chi connectivity index (χ2n) is 7.59. The number of methoxy groups -OCH3 is 1. The summed E-state index contributed by atoms with van der Waals surface area (Å²) in [4.78, 5) is 14.7. The van der Waals surface area contributed by atoms with E-state index >= 15 is 0 Å². The maximum absolute atomic E-state index is 13.2. The number of sulfonamides is 1. The number of rotatable bonds is 6. The monoisotopic (exact) mass is 416 g/mol. The lowest BCUT2D eigenvalue weighted by Crippen LogP contribution is -2.38. The normalized spacial score (nSPS) is 15.5. The molecular weight excluding hydrogens is 388 g/mol. The van der Waals surface area contributed by atoms with Gasteiger partial charge in [0.1, 0.15) is 10.6 Å². The van der Waals surface area contributed by atoms with Crippen LogP contribution in [0.3, 0.4) is 0 Å². The van der Waals surface area contributed by atoms with E-state index in [0.717, 1.165) is 18.4 Å². The van der Waals surface area contributed by atoms with E-state index < -0.39 is 10.0 Å². The summed E-state index contributed by atoms with van der Waals surface area (Å²) in [6.07, 6.45) is 1.93. The largest absolute Gasteiger partial charge is 0.495 e. The molecule has 2 aromatic rings. The van der Waals surface area contributed by atoms with Gasteiger partial charge >= 0.3 is 0 Å². The van der Waals surface area contributed by atoms with Gasteiger partial charge in [0, 0.05) is 32.2 Å². The molecule has 2 aromatic carbocycles. The van der Waals surface area contributed by atoms with Gasteiger partial charge in [-0.25, -0.2) is 8.42 Å². The summed E-state index contributed by atoms with van der Waals surface area (Å²) >= 11 is 0. The standard InChI is InChI=1S/C22H28N2O4S/c1-17-11-13-24(14-12-17)22(25)19-9-10-20(28-3)21(15-19)29(26,27)23(2)16-18-7-5-4-6-8-18/h4-10,15,17H,11-14,16H2,1-3H3. The van der Waals surface area contributed by atoms with Crippen molar-refractivity contribution < 1.29 is 17.9 Å². The molecular formula is C22H28N2O4S. The van der Waals surface area contributed by atoms with Crippen LogP contribution in [0.5, 0.6) is 5.75 Å². The van der Waals surface area contributed by atoms with Crippen molar-refractivity contribution in [1.29, 1.82) is 0 Å². The summed E-state index contributed by atoms with van der Waals surface area (Å²) in [5.41, 5.74) is 1.25. The van der Waals surface area contributed by atoms with Gasteiger partial charge in [0.15, 0.2) is 0 Å². The van der Waals surface area contributed by atoms with Crippen LogP contribution >= 0.6 is 0 Å². The van der Waals surface area contributed by atoms with E-state index in [2.05, 4.69) is 6.92 Å². The van der Waals surface area contributed by atoms with Crippen LogP contribution in [0.4, 0.5) is 0 Å². The molecule has 1 saturated heterocycles. The van der Waals surface area contributed by atoms with Crippen LogP contribution < -0.4 is 4.74 Å². The molecule has 1 aliphatic rings. The predicted octanol–water partition coefficient (Wildman–Crippen LogP) is 3.39. The van der Waals surface area contributed by atoms with Gasteiger partial charge in [0.2, 0.25) is 10.0 Å². The zero-order chi connectivity index (χ0) is 21.0. The Morgan fingerprint density at radius 1 is 1.14 bits per heavy atom. The summed E-state index contributed by atoms with van der Waals surface area (Å²) in [5, 5.41) is 0. The maximum Gasteiger partial charge on any atom is 0.253 e. The fraction of sp³-hybridized carbons (Fsp3) is 0.409.